The Balaban J connectivity index is 0.942. The van der Waals surface area contributed by atoms with E-state index in [4.69, 9.17) is 44.1 Å². The van der Waals surface area contributed by atoms with Crippen LogP contribution in [0, 0.1) is 29.6 Å². The number of aliphatic hydroxyl groups excluding tert-OH is 1. The van der Waals surface area contributed by atoms with Crippen molar-refractivity contribution < 1.29 is 72.2 Å². The van der Waals surface area contributed by atoms with Crippen molar-refractivity contribution in [2.45, 2.75) is 199 Å². The Bertz CT molecular complexity index is 3100. The summed E-state index contributed by atoms with van der Waals surface area (Å²) in [6.45, 7) is 16.2. The Kier molecular flexibility index (Phi) is 26.1. The number of cyclic esters (lactones) is 1. The molecule has 1 aliphatic carbocycles. The standard InChI is InChI=1S/C69H100N10O15/c1-11-71-63(84)48-37-72-66(73-38-48)76-27-29-77(30-28-76)67-74-39-49-40-78(26-24-52(49)75-67)68(87)93-55-23-21-47(34-58(55)90-9)33-51(70)57-36-54(80)43(4)32-45(6)60(82)61(91-10)59(81)44(5)31-41(2)17-13-12-14-18-42(3)56(89-8)35-50-22-20-46(7)69(88,94-50)62(83)64(85)79-25-16-15-19-53(79)65(86)92-57/h12-14,17-18,32,37-39,41,43-44,46-47,50-51,53,55-58,60-61,82,88H,11,15-16,19-31,33-36,40,70H2,1-10H3,(H,71,84)/b14-12+,17-13+,42-18+,45-32+/t41-,43-,44-,46-,47+,50+,51-,53+,55-,56+,57+,58-,60-,61+,69-/m1/s1. The number of nitrogens with one attached hydrogen (secondary N) is 1. The number of ether oxygens (including phenoxy) is 6. The molecule has 0 spiro atoms. The zero-order valence-electron chi connectivity index (χ0n) is 56.5. The minimum absolute atomic E-state index is 0.0165. The summed E-state index contributed by atoms with van der Waals surface area (Å²) in [5.41, 5.74) is 10.4. The summed E-state index contributed by atoms with van der Waals surface area (Å²) in [7, 11) is 4.48. The highest BCUT2D eigenvalue weighted by Crippen LogP contribution is 2.38. The van der Waals surface area contributed by atoms with Crippen LogP contribution >= 0.6 is 0 Å². The minimum atomic E-state index is -2.50. The second-order valence-corrected chi connectivity index (χ2v) is 26.6. The lowest BCUT2D eigenvalue weighted by Gasteiger charge is -2.42. The summed E-state index contributed by atoms with van der Waals surface area (Å²) >= 11 is 0. The van der Waals surface area contributed by atoms with Crippen LogP contribution in [0.25, 0.3) is 0 Å². The molecule has 1 saturated carbocycles. The molecule has 7 heterocycles. The zero-order valence-corrected chi connectivity index (χ0v) is 56.5. The minimum Gasteiger partial charge on any atom is -0.459 e. The number of methoxy groups -OCH3 is 3. The van der Waals surface area contributed by atoms with E-state index in [0.717, 1.165) is 21.7 Å². The molecule has 25 nitrogen and oxygen atoms in total. The number of aliphatic hydroxyl groups is 2. The first-order valence-corrected chi connectivity index (χ1v) is 33.6. The van der Waals surface area contributed by atoms with Gasteiger partial charge in [-0.25, -0.2) is 29.5 Å². The second-order valence-electron chi connectivity index (χ2n) is 26.6. The van der Waals surface area contributed by atoms with E-state index in [9.17, 15) is 43.8 Å². The number of nitrogens with two attached hydrogens (primary N) is 1. The van der Waals surface area contributed by atoms with Crippen molar-refractivity contribution in [3.8, 4) is 0 Å². The third kappa shape index (κ3) is 18.2. The Hall–Kier alpha value is -6.87. The summed E-state index contributed by atoms with van der Waals surface area (Å²) in [6.07, 6.45) is 13.8. The maximum absolute atomic E-state index is 14.7. The van der Waals surface area contributed by atoms with Crippen LogP contribution in [-0.4, -0.2) is 209 Å². The molecule has 0 radical (unpaired) electrons. The molecule has 94 heavy (non-hydrogen) atoms. The number of piperidine rings is 1. The SMILES string of the molecule is CCNC(=O)c1cnc(N2CCN(c3ncc4c(n3)CCN(C(=O)O[C@@H]3CC[C@@H](C[C@@H](N)[C@@H]5CC(=O)[C@H](C)/C=C(\C)[C@@H](O)[C@@H](OC)C(=O)[C@H](C)C[C@H](C)/C=C/C=C/C=C(\C)[C@@H](OC)C[C@@H]6CC[C@@H](C)[C@@](O)(O6)C(=O)C(=O)N6CCCC[C@H]6C(=O)O5)C[C@H]3OC)C4)CC2)nc1. The van der Waals surface area contributed by atoms with Crippen molar-refractivity contribution in [3.63, 3.8) is 0 Å². The van der Waals surface area contributed by atoms with Crippen molar-refractivity contribution in [1.82, 2.24) is 35.1 Å². The molecule has 5 N–H and O–H groups in total. The van der Waals surface area contributed by atoms with Crippen LogP contribution in [0.5, 0.6) is 0 Å². The van der Waals surface area contributed by atoms with E-state index in [0.29, 0.717) is 120 Å². The maximum Gasteiger partial charge on any atom is 0.410 e. The number of anilines is 2. The Morgan fingerprint density at radius 1 is 0.809 bits per heavy atom. The Labute approximate surface area is 552 Å². The molecule has 2 aromatic heterocycles. The number of hydrogen-bond donors (Lipinski definition) is 4. The zero-order chi connectivity index (χ0) is 68.0. The number of rotatable bonds is 11. The smallest absolute Gasteiger partial charge is 0.410 e. The molecule has 15 atom stereocenters. The van der Waals surface area contributed by atoms with Crippen LogP contribution in [-0.2, 0) is 65.4 Å². The van der Waals surface area contributed by atoms with E-state index in [-0.39, 0.29) is 68.1 Å². The molecule has 0 unspecified atom stereocenters. The number of hydrogen-bond acceptors (Lipinski definition) is 22. The summed E-state index contributed by atoms with van der Waals surface area (Å²) in [5, 5.41) is 26.5. The van der Waals surface area contributed by atoms with Gasteiger partial charge in [0.05, 0.1) is 36.1 Å². The normalized spacial score (nSPS) is 33.2. The number of amides is 3. The lowest BCUT2D eigenvalue weighted by atomic mass is 9.80. The summed E-state index contributed by atoms with van der Waals surface area (Å²) in [5.74, 6) is -7.67. The van der Waals surface area contributed by atoms with Gasteiger partial charge < -0.3 is 69.3 Å². The van der Waals surface area contributed by atoms with Crippen LogP contribution in [0.4, 0.5) is 16.7 Å². The molecular formula is C69H100N10O15. The van der Waals surface area contributed by atoms with E-state index < -0.39 is 102 Å². The van der Waals surface area contributed by atoms with Crippen molar-refractivity contribution >= 4 is 53.1 Å². The summed E-state index contributed by atoms with van der Waals surface area (Å²) in [4.78, 5) is 124. The number of ketones is 3. The highest BCUT2D eigenvalue weighted by molar-refractivity contribution is 6.39. The number of aromatic nitrogens is 4. The van der Waals surface area contributed by atoms with Crippen molar-refractivity contribution in [3.05, 3.63) is 83.0 Å². The van der Waals surface area contributed by atoms with Crippen LogP contribution in [0.1, 0.15) is 147 Å². The Morgan fingerprint density at radius 3 is 2.21 bits per heavy atom. The fraction of sp³-hybridized carbons (Fsp3) is 0.667. The van der Waals surface area contributed by atoms with E-state index in [2.05, 4.69) is 25.1 Å². The number of Topliss-reactive ketones (excluding diaryl/α,β-unsaturated/α-hetero) is 3. The number of fused-ring (bicyclic) bond motifs is 4. The lowest BCUT2D eigenvalue weighted by Crippen LogP contribution is -2.61. The number of esters is 1. The third-order valence-corrected chi connectivity index (χ3v) is 19.7. The van der Waals surface area contributed by atoms with Gasteiger partial charge in [-0.1, -0.05) is 64.2 Å². The molecule has 0 aromatic carbocycles. The number of piperazine rings is 1. The molecule has 516 valence electrons. The van der Waals surface area contributed by atoms with Gasteiger partial charge in [0, 0.05) is 134 Å². The highest BCUT2D eigenvalue weighted by Gasteiger charge is 2.53. The first-order chi connectivity index (χ1) is 45.0. The molecule has 8 rings (SSSR count). The first-order valence-electron chi connectivity index (χ1n) is 33.6. The topological polar surface area (TPSA) is 318 Å². The average molecular weight is 1310 g/mol. The molecule has 3 saturated heterocycles. The van der Waals surface area contributed by atoms with Gasteiger partial charge in [-0.3, -0.25) is 24.0 Å². The quantitative estimate of drug-likeness (QED) is 0.119. The first kappa shape index (κ1) is 72.9. The van der Waals surface area contributed by atoms with Gasteiger partial charge in [0.2, 0.25) is 17.7 Å². The molecule has 25 heteroatoms. The van der Waals surface area contributed by atoms with E-state index in [1.807, 2.05) is 51.2 Å². The Morgan fingerprint density at radius 2 is 1.52 bits per heavy atom. The fourth-order valence-electron chi connectivity index (χ4n) is 13.8. The van der Waals surface area contributed by atoms with Gasteiger partial charge in [0.25, 0.3) is 17.6 Å². The average Bonchev–Trinajstić information content (AvgIpc) is 0.785. The third-order valence-electron chi connectivity index (χ3n) is 19.7. The molecular weight excluding hydrogens is 1210 g/mol. The van der Waals surface area contributed by atoms with Gasteiger partial charge in [-0.15, -0.1) is 0 Å². The van der Waals surface area contributed by atoms with E-state index in [1.54, 1.807) is 59.1 Å². The molecule has 6 aliphatic rings. The van der Waals surface area contributed by atoms with Gasteiger partial charge >= 0.3 is 12.1 Å². The van der Waals surface area contributed by atoms with E-state index in [1.165, 1.54) is 19.5 Å². The van der Waals surface area contributed by atoms with Gasteiger partial charge in [-0.05, 0) is 108 Å². The predicted molar refractivity (Wildman–Crippen MR) is 349 cm³/mol. The molecule has 5 aliphatic heterocycles. The van der Waals surface area contributed by atoms with E-state index >= 15 is 0 Å². The molecule has 2 bridgehead atoms. The lowest BCUT2D eigenvalue weighted by molar-refractivity contribution is -0.265. The second kappa shape index (κ2) is 33.7. The predicted octanol–water partition coefficient (Wildman–Crippen LogP) is 5.73. The van der Waals surface area contributed by atoms with Crippen molar-refractivity contribution in [1.29, 1.82) is 0 Å². The van der Waals surface area contributed by atoms with Gasteiger partial charge in [0.1, 0.15) is 36.2 Å². The van der Waals surface area contributed by atoms with Crippen LogP contribution in [0.15, 0.2) is 66.2 Å². The number of nitrogens with zero attached hydrogens (tertiary/aromatic N) is 8. The van der Waals surface area contributed by atoms with Gasteiger partial charge in [0.15, 0.2) is 5.78 Å². The summed E-state index contributed by atoms with van der Waals surface area (Å²) in [6, 6.07) is -2.20. The molecule has 3 amide bonds. The number of carbonyl (C=O) groups excluding carboxylic acids is 7. The maximum atomic E-state index is 14.7. The largest absolute Gasteiger partial charge is 0.459 e. The van der Waals surface area contributed by atoms with Crippen molar-refractivity contribution in [2.24, 2.45) is 35.3 Å². The highest BCUT2D eigenvalue weighted by atomic mass is 16.6. The van der Waals surface area contributed by atoms with Crippen LogP contribution in [0.3, 0.4) is 0 Å². The van der Waals surface area contributed by atoms with Crippen molar-refractivity contribution in [2.75, 3.05) is 76.9 Å². The number of carbonyl (C=O) groups is 7. The fourth-order valence-corrected chi connectivity index (χ4v) is 13.8. The monoisotopic (exact) mass is 1310 g/mol. The van der Waals surface area contributed by atoms with Crippen LogP contribution in [0.2, 0.25) is 0 Å². The molecule has 4 fully saturated rings. The summed E-state index contributed by atoms with van der Waals surface area (Å²) < 4.78 is 36.2. The number of allylic oxidation sites excluding steroid dienone is 6. The van der Waals surface area contributed by atoms with Gasteiger partial charge in [-0.2, -0.15) is 0 Å². The molecule has 2 aromatic rings. The van der Waals surface area contributed by atoms with Crippen LogP contribution < -0.4 is 20.9 Å².